The molecule has 0 unspecified atom stereocenters. The summed E-state index contributed by atoms with van der Waals surface area (Å²) in [6, 6.07) is 11.8. The molecule has 0 aliphatic carbocycles. The monoisotopic (exact) mass is 425 g/mol. The predicted molar refractivity (Wildman–Crippen MR) is 114 cm³/mol. The molecular weight excluding hydrogens is 402 g/mol. The van der Waals surface area contributed by atoms with Crippen molar-refractivity contribution in [3.63, 3.8) is 0 Å². The van der Waals surface area contributed by atoms with Gasteiger partial charge < -0.3 is 10.1 Å². The summed E-state index contributed by atoms with van der Waals surface area (Å²) in [5.74, 6) is 0.461. The number of rotatable bonds is 9. The summed E-state index contributed by atoms with van der Waals surface area (Å²) in [4.78, 5) is 27.4. The molecule has 2 aromatic heterocycles. The van der Waals surface area contributed by atoms with E-state index >= 15 is 0 Å². The fourth-order valence-electron chi connectivity index (χ4n) is 2.72. The van der Waals surface area contributed by atoms with E-state index in [1.54, 1.807) is 12.4 Å². The van der Waals surface area contributed by atoms with E-state index in [0.29, 0.717) is 23.9 Å². The number of aryl methyl sites for hydroxylation is 1. The highest BCUT2D eigenvalue weighted by molar-refractivity contribution is 7.99. The Morgan fingerprint density at radius 1 is 1.10 bits per heavy atom. The van der Waals surface area contributed by atoms with Crippen molar-refractivity contribution in [1.82, 2.24) is 25.1 Å². The molecule has 0 bridgehead atoms. The second-order valence-corrected chi connectivity index (χ2v) is 7.47. The fraction of sp³-hybridized carbons (Fsp3) is 0.286. The standard InChI is InChI=1S/C21H23N5O3S/c1-15-5-7-17(8-6-15)26-20(16-9-12-22-13-10-16)24-25-21(26)30-14-18(27)23-11-3-4-19(28)29-2/h5-10,12-13H,3-4,11,14H2,1-2H3,(H,23,27). The molecule has 0 saturated heterocycles. The number of amides is 1. The minimum atomic E-state index is -0.284. The number of pyridine rings is 1. The van der Waals surface area contributed by atoms with E-state index in [1.165, 1.54) is 18.9 Å². The number of carbonyl (C=O) groups excluding carboxylic acids is 2. The molecule has 8 nitrogen and oxygen atoms in total. The highest BCUT2D eigenvalue weighted by Gasteiger charge is 2.17. The number of esters is 1. The van der Waals surface area contributed by atoms with Crippen LogP contribution >= 0.6 is 11.8 Å². The van der Waals surface area contributed by atoms with Crippen LogP contribution in [0.1, 0.15) is 18.4 Å². The number of carbonyl (C=O) groups is 2. The first-order valence-corrected chi connectivity index (χ1v) is 10.5. The van der Waals surface area contributed by atoms with Crippen LogP contribution in [0.4, 0.5) is 0 Å². The van der Waals surface area contributed by atoms with Gasteiger partial charge in [0.1, 0.15) is 0 Å². The van der Waals surface area contributed by atoms with E-state index in [4.69, 9.17) is 0 Å². The Morgan fingerprint density at radius 2 is 1.83 bits per heavy atom. The molecule has 2 heterocycles. The maximum absolute atomic E-state index is 12.2. The average molecular weight is 426 g/mol. The molecule has 3 aromatic rings. The van der Waals surface area contributed by atoms with Crippen LogP contribution in [0, 0.1) is 6.92 Å². The minimum absolute atomic E-state index is 0.131. The zero-order chi connectivity index (χ0) is 21.3. The summed E-state index contributed by atoms with van der Waals surface area (Å²) in [6.07, 6.45) is 4.23. The lowest BCUT2D eigenvalue weighted by atomic mass is 10.2. The van der Waals surface area contributed by atoms with Crippen molar-refractivity contribution in [2.45, 2.75) is 24.9 Å². The Hall–Kier alpha value is -3.20. The Labute approximate surface area is 179 Å². The van der Waals surface area contributed by atoms with Gasteiger partial charge >= 0.3 is 5.97 Å². The largest absolute Gasteiger partial charge is 0.469 e. The van der Waals surface area contributed by atoms with Gasteiger partial charge in [0.2, 0.25) is 5.91 Å². The SMILES string of the molecule is COC(=O)CCCNC(=O)CSc1nnc(-c2ccncc2)n1-c1ccc(C)cc1. The lowest BCUT2D eigenvalue weighted by Gasteiger charge is -2.11. The van der Waals surface area contributed by atoms with Gasteiger partial charge in [0.05, 0.1) is 12.9 Å². The Morgan fingerprint density at radius 3 is 2.53 bits per heavy atom. The predicted octanol–water partition coefficient (Wildman–Crippen LogP) is 2.80. The maximum atomic E-state index is 12.2. The number of hydrogen-bond acceptors (Lipinski definition) is 7. The maximum Gasteiger partial charge on any atom is 0.305 e. The van der Waals surface area contributed by atoms with E-state index in [-0.39, 0.29) is 24.1 Å². The second kappa shape index (κ2) is 10.5. The van der Waals surface area contributed by atoms with Gasteiger partial charge in [-0.1, -0.05) is 29.5 Å². The van der Waals surface area contributed by atoms with Crippen LogP contribution in [0.25, 0.3) is 17.1 Å². The Bertz CT molecular complexity index is 990. The first kappa shape index (κ1) is 21.5. The summed E-state index contributed by atoms with van der Waals surface area (Å²) in [6.45, 7) is 2.45. The van der Waals surface area contributed by atoms with Crippen LogP contribution in [-0.4, -0.2) is 51.0 Å². The van der Waals surface area contributed by atoms with Crippen molar-refractivity contribution >= 4 is 23.6 Å². The normalized spacial score (nSPS) is 10.6. The van der Waals surface area contributed by atoms with Crippen LogP contribution in [0.5, 0.6) is 0 Å². The van der Waals surface area contributed by atoms with E-state index in [2.05, 4.69) is 25.2 Å². The Balaban J connectivity index is 1.72. The Kier molecular flexibility index (Phi) is 7.56. The first-order valence-electron chi connectivity index (χ1n) is 9.47. The molecule has 156 valence electrons. The number of nitrogens with one attached hydrogen (secondary N) is 1. The lowest BCUT2D eigenvalue weighted by molar-refractivity contribution is -0.140. The molecule has 1 aromatic carbocycles. The van der Waals surface area contributed by atoms with E-state index in [1.807, 2.05) is 47.9 Å². The van der Waals surface area contributed by atoms with Crippen LogP contribution in [0.2, 0.25) is 0 Å². The quantitative estimate of drug-likeness (QED) is 0.320. The first-order chi connectivity index (χ1) is 14.6. The molecule has 0 spiro atoms. The molecule has 0 aliphatic heterocycles. The van der Waals surface area contributed by atoms with E-state index in [0.717, 1.165) is 16.8 Å². The number of thioether (sulfide) groups is 1. The molecule has 1 amide bonds. The van der Waals surface area contributed by atoms with Crippen molar-refractivity contribution < 1.29 is 14.3 Å². The molecule has 9 heteroatoms. The third-order valence-corrected chi connectivity index (χ3v) is 5.23. The van der Waals surface area contributed by atoms with Gasteiger partial charge in [0, 0.05) is 36.6 Å². The summed E-state index contributed by atoms with van der Waals surface area (Å²) in [5.41, 5.74) is 2.95. The molecule has 0 radical (unpaired) electrons. The van der Waals surface area contributed by atoms with Crippen molar-refractivity contribution in [2.75, 3.05) is 19.4 Å². The zero-order valence-electron chi connectivity index (χ0n) is 16.9. The average Bonchev–Trinajstić information content (AvgIpc) is 3.20. The van der Waals surface area contributed by atoms with Gasteiger partial charge in [-0.25, -0.2) is 0 Å². The van der Waals surface area contributed by atoms with Gasteiger partial charge in [0.25, 0.3) is 0 Å². The highest BCUT2D eigenvalue weighted by atomic mass is 32.2. The van der Waals surface area contributed by atoms with Crippen LogP contribution in [-0.2, 0) is 14.3 Å². The third kappa shape index (κ3) is 5.66. The number of benzene rings is 1. The lowest BCUT2D eigenvalue weighted by Crippen LogP contribution is -2.26. The van der Waals surface area contributed by atoms with E-state index in [9.17, 15) is 9.59 Å². The number of nitrogens with zero attached hydrogens (tertiary/aromatic N) is 4. The number of hydrogen-bond donors (Lipinski definition) is 1. The van der Waals surface area contributed by atoms with Crippen molar-refractivity contribution in [2.24, 2.45) is 0 Å². The molecular formula is C21H23N5O3S. The zero-order valence-corrected chi connectivity index (χ0v) is 17.7. The van der Waals surface area contributed by atoms with Crippen molar-refractivity contribution in [3.05, 3.63) is 54.4 Å². The second-order valence-electron chi connectivity index (χ2n) is 6.53. The van der Waals surface area contributed by atoms with Gasteiger partial charge in [-0.15, -0.1) is 10.2 Å². The van der Waals surface area contributed by atoms with E-state index < -0.39 is 0 Å². The van der Waals surface area contributed by atoms with Gasteiger partial charge in [0.15, 0.2) is 11.0 Å². The molecule has 0 atom stereocenters. The topological polar surface area (TPSA) is 99.0 Å². The molecule has 0 aliphatic rings. The van der Waals surface area contributed by atoms with Crippen LogP contribution < -0.4 is 5.32 Å². The van der Waals surface area contributed by atoms with Crippen LogP contribution in [0.15, 0.2) is 53.9 Å². The summed E-state index contributed by atoms with van der Waals surface area (Å²) in [7, 11) is 1.35. The van der Waals surface area contributed by atoms with Gasteiger partial charge in [-0.05, 0) is 37.6 Å². The molecule has 30 heavy (non-hydrogen) atoms. The molecule has 3 rings (SSSR count). The smallest absolute Gasteiger partial charge is 0.305 e. The summed E-state index contributed by atoms with van der Waals surface area (Å²) >= 11 is 1.31. The third-order valence-electron chi connectivity index (χ3n) is 4.30. The molecule has 0 saturated carbocycles. The summed E-state index contributed by atoms with van der Waals surface area (Å²) in [5, 5.41) is 12.1. The molecule has 1 N–H and O–H groups in total. The van der Waals surface area contributed by atoms with Crippen LogP contribution in [0.3, 0.4) is 0 Å². The van der Waals surface area contributed by atoms with Gasteiger partial charge in [-0.3, -0.25) is 19.1 Å². The number of ether oxygens (including phenoxy) is 1. The van der Waals surface area contributed by atoms with Gasteiger partial charge in [-0.2, -0.15) is 0 Å². The van der Waals surface area contributed by atoms with Crippen molar-refractivity contribution in [3.8, 4) is 17.1 Å². The highest BCUT2D eigenvalue weighted by Crippen LogP contribution is 2.27. The number of aromatic nitrogens is 4. The number of methoxy groups -OCH3 is 1. The minimum Gasteiger partial charge on any atom is -0.469 e. The summed E-state index contributed by atoms with van der Waals surface area (Å²) < 4.78 is 6.52. The molecule has 0 fully saturated rings. The van der Waals surface area contributed by atoms with Crippen molar-refractivity contribution in [1.29, 1.82) is 0 Å². The fourth-order valence-corrected chi connectivity index (χ4v) is 3.50.